The number of carbonyl (C=O) groups is 2. The zero-order valence-electron chi connectivity index (χ0n) is 15.0. The largest absolute Gasteiger partial charge is 0.445 e. The van der Waals surface area contributed by atoms with Crippen molar-refractivity contribution in [3.05, 3.63) is 70.2 Å². The van der Waals surface area contributed by atoms with Crippen LogP contribution in [0.4, 0.5) is 4.79 Å². The molecular weight excluding hydrogens is 406 g/mol. The summed E-state index contributed by atoms with van der Waals surface area (Å²) in [5.74, 6) is 0.179. The highest BCUT2D eigenvalue weighted by atomic mass is 79.9. The van der Waals surface area contributed by atoms with E-state index in [1.807, 2.05) is 59.5 Å². The number of nitrogens with zero attached hydrogens (tertiary/aromatic N) is 1. The lowest BCUT2D eigenvalue weighted by Gasteiger charge is -2.37. The molecule has 2 fully saturated rings. The highest BCUT2D eigenvalue weighted by Gasteiger charge is 2.45. The van der Waals surface area contributed by atoms with Crippen molar-refractivity contribution in [3.8, 4) is 0 Å². The van der Waals surface area contributed by atoms with Gasteiger partial charge in [0.1, 0.15) is 6.61 Å². The summed E-state index contributed by atoms with van der Waals surface area (Å²) in [6.45, 7) is 0.289. The average molecular weight is 428 g/mol. The molecule has 0 aliphatic carbocycles. The third-order valence-corrected chi connectivity index (χ3v) is 6.18. The molecule has 2 aromatic carbocycles. The Hall–Kier alpha value is -2.14. The predicted molar refractivity (Wildman–Crippen MR) is 106 cm³/mol. The third kappa shape index (κ3) is 3.93. The SMILES string of the molecule is O=C(c1ccc(Br)cc1)C1CC2CCC(C1)N2C(=O)OCc1ccccc1. The van der Waals surface area contributed by atoms with E-state index in [-0.39, 0.29) is 36.5 Å². The second kappa shape index (κ2) is 7.85. The summed E-state index contributed by atoms with van der Waals surface area (Å²) in [5.41, 5.74) is 1.74. The topological polar surface area (TPSA) is 46.6 Å². The van der Waals surface area contributed by atoms with Crippen molar-refractivity contribution in [2.45, 2.75) is 44.4 Å². The van der Waals surface area contributed by atoms with Gasteiger partial charge in [0, 0.05) is 28.0 Å². The fourth-order valence-corrected chi connectivity index (χ4v) is 4.60. The van der Waals surface area contributed by atoms with Crippen LogP contribution in [0.5, 0.6) is 0 Å². The lowest BCUT2D eigenvalue weighted by atomic mass is 9.85. The summed E-state index contributed by atoms with van der Waals surface area (Å²) < 4.78 is 6.51. The van der Waals surface area contributed by atoms with Gasteiger partial charge in [-0.3, -0.25) is 4.79 Å². The Labute approximate surface area is 167 Å². The molecule has 4 rings (SSSR count). The molecule has 2 heterocycles. The second-order valence-electron chi connectivity index (χ2n) is 7.37. The molecule has 2 aliphatic rings. The third-order valence-electron chi connectivity index (χ3n) is 5.65. The fourth-order valence-electron chi connectivity index (χ4n) is 4.33. The minimum atomic E-state index is -0.249. The van der Waals surface area contributed by atoms with Gasteiger partial charge in [0.05, 0.1) is 0 Å². The molecule has 2 unspecified atom stereocenters. The number of carbonyl (C=O) groups excluding carboxylic acids is 2. The van der Waals surface area contributed by atoms with Gasteiger partial charge in [-0.2, -0.15) is 0 Å². The number of benzene rings is 2. The van der Waals surface area contributed by atoms with Crippen LogP contribution in [0.25, 0.3) is 0 Å². The van der Waals surface area contributed by atoms with Gasteiger partial charge in [-0.05, 0) is 43.4 Å². The van der Waals surface area contributed by atoms with E-state index in [2.05, 4.69) is 15.9 Å². The zero-order chi connectivity index (χ0) is 18.8. The van der Waals surface area contributed by atoms with Crippen molar-refractivity contribution in [2.24, 2.45) is 5.92 Å². The molecule has 5 heteroatoms. The maximum Gasteiger partial charge on any atom is 0.410 e. The molecule has 2 aliphatic heterocycles. The van der Waals surface area contributed by atoms with Crippen LogP contribution in [0.1, 0.15) is 41.6 Å². The normalized spacial score (nSPS) is 23.9. The molecule has 27 heavy (non-hydrogen) atoms. The molecule has 0 aromatic heterocycles. The molecule has 2 atom stereocenters. The average Bonchev–Trinajstić information content (AvgIpc) is 2.96. The van der Waals surface area contributed by atoms with E-state index in [1.54, 1.807) is 0 Å². The van der Waals surface area contributed by atoms with Crippen molar-refractivity contribution in [1.82, 2.24) is 4.90 Å². The number of halogens is 1. The maximum atomic E-state index is 12.9. The first-order valence-electron chi connectivity index (χ1n) is 9.40. The molecule has 2 bridgehead atoms. The Bertz CT molecular complexity index is 807. The van der Waals surface area contributed by atoms with E-state index in [9.17, 15) is 9.59 Å². The number of fused-ring (bicyclic) bond motifs is 2. The first-order valence-corrected chi connectivity index (χ1v) is 10.2. The highest BCUT2D eigenvalue weighted by Crippen LogP contribution is 2.40. The van der Waals surface area contributed by atoms with E-state index in [4.69, 9.17) is 4.74 Å². The number of hydrogen-bond donors (Lipinski definition) is 0. The van der Waals surface area contributed by atoms with Gasteiger partial charge in [-0.15, -0.1) is 0 Å². The Kier molecular flexibility index (Phi) is 5.30. The van der Waals surface area contributed by atoms with Crippen LogP contribution >= 0.6 is 15.9 Å². The Morgan fingerprint density at radius 3 is 2.22 bits per heavy atom. The lowest BCUT2D eigenvalue weighted by Crippen LogP contribution is -2.48. The first kappa shape index (κ1) is 18.2. The van der Waals surface area contributed by atoms with Gasteiger partial charge in [-0.1, -0.05) is 58.4 Å². The number of ether oxygens (including phenoxy) is 1. The van der Waals surface area contributed by atoms with Gasteiger partial charge in [0.25, 0.3) is 0 Å². The quantitative estimate of drug-likeness (QED) is 0.628. The van der Waals surface area contributed by atoms with Crippen LogP contribution in [0.2, 0.25) is 0 Å². The molecule has 4 nitrogen and oxygen atoms in total. The van der Waals surface area contributed by atoms with Crippen molar-refractivity contribution in [1.29, 1.82) is 0 Å². The van der Waals surface area contributed by atoms with Crippen molar-refractivity contribution >= 4 is 27.8 Å². The van der Waals surface area contributed by atoms with Crippen LogP contribution in [-0.2, 0) is 11.3 Å². The number of ketones is 1. The van der Waals surface area contributed by atoms with Crippen LogP contribution in [0.3, 0.4) is 0 Å². The van der Waals surface area contributed by atoms with Gasteiger partial charge in [-0.25, -0.2) is 4.79 Å². The maximum absolute atomic E-state index is 12.9. The Morgan fingerprint density at radius 1 is 0.963 bits per heavy atom. The molecule has 2 saturated heterocycles. The highest BCUT2D eigenvalue weighted by molar-refractivity contribution is 9.10. The van der Waals surface area contributed by atoms with Crippen molar-refractivity contribution in [2.75, 3.05) is 0 Å². The number of piperidine rings is 1. The van der Waals surface area contributed by atoms with E-state index in [0.29, 0.717) is 0 Å². The Morgan fingerprint density at radius 2 is 1.59 bits per heavy atom. The number of amides is 1. The smallest absolute Gasteiger partial charge is 0.410 e. The number of Topliss-reactive ketones (excluding diaryl/α,β-unsaturated/α-hetero) is 1. The van der Waals surface area contributed by atoms with Crippen LogP contribution in [0.15, 0.2) is 59.1 Å². The molecular formula is C22H22BrNO3. The standard InChI is InChI=1S/C22H22BrNO3/c23-18-8-6-16(7-9-18)21(25)17-12-19-10-11-20(13-17)24(19)22(26)27-14-15-4-2-1-3-5-15/h1-9,17,19-20H,10-14H2. The summed E-state index contributed by atoms with van der Waals surface area (Å²) in [6.07, 6.45) is 3.11. The van der Waals surface area contributed by atoms with Gasteiger partial charge < -0.3 is 9.64 Å². The zero-order valence-corrected chi connectivity index (χ0v) is 16.6. The predicted octanol–water partition coefficient (Wildman–Crippen LogP) is 5.21. The molecule has 140 valence electrons. The molecule has 0 N–H and O–H groups in total. The van der Waals surface area contributed by atoms with Gasteiger partial charge in [0.15, 0.2) is 5.78 Å². The van der Waals surface area contributed by atoms with Crippen molar-refractivity contribution < 1.29 is 14.3 Å². The summed E-state index contributed by atoms with van der Waals surface area (Å²) in [7, 11) is 0. The molecule has 0 radical (unpaired) electrons. The van der Waals surface area contributed by atoms with E-state index in [1.165, 1.54) is 0 Å². The lowest BCUT2D eigenvalue weighted by molar-refractivity contribution is 0.0485. The minimum Gasteiger partial charge on any atom is -0.445 e. The summed E-state index contributed by atoms with van der Waals surface area (Å²) in [4.78, 5) is 27.4. The monoisotopic (exact) mass is 427 g/mol. The van der Waals surface area contributed by atoms with Gasteiger partial charge >= 0.3 is 6.09 Å². The summed E-state index contributed by atoms with van der Waals surface area (Å²) in [5, 5.41) is 0. The van der Waals surface area contributed by atoms with Crippen molar-refractivity contribution in [3.63, 3.8) is 0 Å². The van der Waals surface area contributed by atoms with E-state index < -0.39 is 0 Å². The fraction of sp³-hybridized carbons (Fsp3) is 0.364. The van der Waals surface area contributed by atoms with Gasteiger partial charge in [0.2, 0.25) is 0 Å². The summed E-state index contributed by atoms with van der Waals surface area (Å²) >= 11 is 3.41. The second-order valence-corrected chi connectivity index (χ2v) is 8.29. The van der Waals surface area contributed by atoms with Crippen LogP contribution in [-0.4, -0.2) is 28.9 Å². The Balaban J connectivity index is 1.39. The van der Waals surface area contributed by atoms with E-state index in [0.717, 1.165) is 41.3 Å². The molecule has 1 amide bonds. The summed E-state index contributed by atoms with van der Waals surface area (Å²) in [6, 6.07) is 17.5. The van der Waals surface area contributed by atoms with Crippen LogP contribution < -0.4 is 0 Å². The molecule has 0 saturated carbocycles. The van der Waals surface area contributed by atoms with E-state index >= 15 is 0 Å². The van der Waals surface area contributed by atoms with Crippen LogP contribution in [0, 0.1) is 5.92 Å². The number of rotatable bonds is 4. The first-order chi connectivity index (χ1) is 13.1. The minimum absolute atomic E-state index is 0.0122. The number of hydrogen-bond acceptors (Lipinski definition) is 3. The molecule has 0 spiro atoms. The molecule has 2 aromatic rings.